The molecule has 0 radical (unpaired) electrons. The first kappa shape index (κ1) is 18.6. The molecule has 1 aromatic heterocycles. The van der Waals surface area contributed by atoms with Gasteiger partial charge in [-0.25, -0.2) is 4.98 Å². The monoisotopic (exact) mass is 429 g/mol. The molecule has 0 aliphatic heterocycles. The number of nitrogens with zero attached hydrogens (tertiary/aromatic N) is 3. The van der Waals surface area contributed by atoms with Crippen LogP contribution in [0.5, 0.6) is 0 Å². The predicted molar refractivity (Wildman–Crippen MR) is 106 cm³/mol. The second-order valence-electron chi connectivity index (χ2n) is 5.61. The molecule has 0 N–H and O–H groups in total. The molecule has 0 saturated heterocycles. The van der Waals surface area contributed by atoms with E-state index < -0.39 is 0 Å². The van der Waals surface area contributed by atoms with Crippen molar-refractivity contribution in [2.24, 2.45) is 0 Å². The number of aromatic nitrogens is 2. The van der Waals surface area contributed by atoms with Crippen LogP contribution in [0.4, 0.5) is 0 Å². The van der Waals surface area contributed by atoms with Gasteiger partial charge >= 0.3 is 0 Å². The fourth-order valence-electron chi connectivity index (χ4n) is 2.54. The first-order valence-corrected chi connectivity index (χ1v) is 9.71. The topological polar surface area (TPSA) is 67.9 Å². The summed E-state index contributed by atoms with van der Waals surface area (Å²) in [7, 11) is 1.61. The summed E-state index contributed by atoms with van der Waals surface area (Å²) in [5, 5.41) is 10.3. The van der Waals surface area contributed by atoms with Gasteiger partial charge in [-0.15, -0.1) is 0 Å². The number of thioether (sulfide) groups is 1. The minimum Gasteiger partial charge on any atom is -0.383 e. The molecule has 0 atom stereocenters. The van der Waals surface area contributed by atoms with Crippen molar-refractivity contribution in [3.63, 3.8) is 0 Å². The molecule has 26 heavy (non-hydrogen) atoms. The van der Waals surface area contributed by atoms with Crippen LogP contribution in [0.15, 0.2) is 56.9 Å². The summed E-state index contributed by atoms with van der Waals surface area (Å²) in [6, 6.07) is 15.1. The maximum Gasteiger partial charge on any atom is 0.262 e. The van der Waals surface area contributed by atoms with Crippen molar-refractivity contribution in [1.29, 1.82) is 5.26 Å². The third-order valence-corrected chi connectivity index (χ3v) is 5.36. The van der Waals surface area contributed by atoms with Crippen LogP contribution in [0.3, 0.4) is 0 Å². The lowest BCUT2D eigenvalue weighted by Gasteiger charge is -2.13. The molecule has 0 fully saturated rings. The molecule has 0 aliphatic rings. The van der Waals surface area contributed by atoms with Gasteiger partial charge in [0, 0.05) is 17.3 Å². The molecule has 0 spiro atoms. The van der Waals surface area contributed by atoms with Crippen LogP contribution in [0.1, 0.15) is 11.1 Å². The molecule has 3 aromatic rings. The summed E-state index contributed by atoms with van der Waals surface area (Å²) in [5.74, 6) is 0.622. The van der Waals surface area contributed by atoms with Crippen LogP contribution >= 0.6 is 27.7 Å². The number of hydrogen-bond donors (Lipinski definition) is 0. The van der Waals surface area contributed by atoms with Crippen molar-refractivity contribution < 1.29 is 4.74 Å². The fraction of sp³-hybridized carbons (Fsp3) is 0.211. The van der Waals surface area contributed by atoms with Crippen molar-refractivity contribution >= 4 is 38.6 Å². The van der Waals surface area contributed by atoms with Crippen LogP contribution in [-0.4, -0.2) is 23.3 Å². The van der Waals surface area contributed by atoms with E-state index in [1.54, 1.807) is 23.8 Å². The smallest absolute Gasteiger partial charge is 0.262 e. The Morgan fingerprint density at radius 2 is 2.15 bits per heavy atom. The van der Waals surface area contributed by atoms with Crippen molar-refractivity contribution in [3.05, 3.63) is 68.4 Å². The standard InChI is InChI=1S/C19H16BrN3O2S/c1-25-8-7-23-18(24)16-10-15(20)5-6-17(16)22-19(23)26-12-14-4-2-3-13(9-14)11-21/h2-6,9-10H,7-8,12H2,1H3. The normalized spacial score (nSPS) is 10.8. The molecule has 0 aliphatic carbocycles. The number of methoxy groups -OCH3 is 1. The van der Waals surface area contributed by atoms with E-state index in [4.69, 9.17) is 10.00 Å². The van der Waals surface area contributed by atoms with Crippen molar-refractivity contribution in [3.8, 4) is 6.07 Å². The maximum atomic E-state index is 12.9. The summed E-state index contributed by atoms with van der Waals surface area (Å²) in [4.78, 5) is 17.6. The van der Waals surface area contributed by atoms with Gasteiger partial charge in [0.25, 0.3) is 5.56 Å². The van der Waals surface area contributed by atoms with Crippen molar-refractivity contribution in [2.45, 2.75) is 17.5 Å². The summed E-state index contributed by atoms with van der Waals surface area (Å²) in [6.07, 6.45) is 0. The highest BCUT2D eigenvalue weighted by molar-refractivity contribution is 9.10. The average Bonchev–Trinajstić information content (AvgIpc) is 2.66. The molecular formula is C19H16BrN3O2S. The lowest BCUT2D eigenvalue weighted by molar-refractivity contribution is 0.183. The summed E-state index contributed by atoms with van der Waals surface area (Å²) < 4.78 is 7.64. The second-order valence-corrected chi connectivity index (χ2v) is 7.46. The number of fused-ring (bicyclic) bond motifs is 1. The quantitative estimate of drug-likeness (QED) is 0.437. The number of hydrogen-bond acceptors (Lipinski definition) is 5. The van der Waals surface area contributed by atoms with E-state index >= 15 is 0 Å². The van der Waals surface area contributed by atoms with Gasteiger partial charge in [-0.2, -0.15) is 5.26 Å². The summed E-state index contributed by atoms with van der Waals surface area (Å²) in [6.45, 7) is 0.865. The van der Waals surface area contributed by atoms with Gasteiger partial charge in [-0.3, -0.25) is 9.36 Å². The van der Waals surface area contributed by atoms with Gasteiger partial charge in [-0.1, -0.05) is 39.8 Å². The van der Waals surface area contributed by atoms with Crippen LogP contribution in [0.2, 0.25) is 0 Å². The zero-order valence-corrected chi connectivity index (χ0v) is 16.5. The Labute approximate surface area is 163 Å². The highest BCUT2D eigenvalue weighted by atomic mass is 79.9. The molecule has 5 nitrogen and oxygen atoms in total. The molecule has 2 aromatic carbocycles. The number of halogens is 1. The van der Waals surface area contributed by atoms with E-state index in [2.05, 4.69) is 27.0 Å². The summed E-state index contributed by atoms with van der Waals surface area (Å²) in [5.41, 5.74) is 2.22. The van der Waals surface area contributed by atoms with Gasteiger partial charge in [0.1, 0.15) is 0 Å². The van der Waals surface area contributed by atoms with Crippen LogP contribution < -0.4 is 5.56 Å². The Bertz CT molecular complexity index is 1040. The zero-order valence-electron chi connectivity index (χ0n) is 14.1. The van der Waals surface area contributed by atoms with Gasteiger partial charge in [0.2, 0.25) is 0 Å². The number of nitriles is 1. The highest BCUT2D eigenvalue weighted by Crippen LogP contribution is 2.24. The van der Waals surface area contributed by atoms with Gasteiger partial charge in [0.05, 0.1) is 35.7 Å². The summed E-state index contributed by atoms with van der Waals surface area (Å²) >= 11 is 4.88. The van der Waals surface area contributed by atoms with E-state index in [9.17, 15) is 4.79 Å². The Hall–Kier alpha value is -2.14. The third-order valence-electron chi connectivity index (χ3n) is 3.82. The first-order valence-electron chi connectivity index (χ1n) is 7.93. The Balaban J connectivity index is 1.98. The van der Waals surface area contributed by atoms with Crippen molar-refractivity contribution in [2.75, 3.05) is 13.7 Å². The molecule has 0 saturated carbocycles. The SMILES string of the molecule is COCCn1c(SCc2cccc(C#N)c2)nc2ccc(Br)cc2c1=O. The molecule has 0 amide bonds. The predicted octanol–water partition coefficient (Wildman–Crippen LogP) is 3.97. The van der Waals surface area contributed by atoms with E-state index in [1.807, 2.05) is 30.3 Å². The maximum absolute atomic E-state index is 12.9. The largest absolute Gasteiger partial charge is 0.383 e. The number of rotatable bonds is 6. The molecule has 0 bridgehead atoms. The van der Waals surface area contributed by atoms with E-state index in [0.717, 1.165) is 10.0 Å². The highest BCUT2D eigenvalue weighted by Gasteiger charge is 2.12. The molecule has 0 unspecified atom stereocenters. The zero-order chi connectivity index (χ0) is 18.5. The lowest BCUT2D eigenvalue weighted by atomic mass is 10.2. The first-order chi connectivity index (χ1) is 12.6. The van der Waals surface area contributed by atoms with Crippen LogP contribution in [0, 0.1) is 11.3 Å². The van der Waals surface area contributed by atoms with E-state index in [1.165, 1.54) is 11.8 Å². The van der Waals surface area contributed by atoms with E-state index in [0.29, 0.717) is 40.5 Å². The van der Waals surface area contributed by atoms with Gasteiger partial charge in [-0.05, 0) is 35.9 Å². The molecular weight excluding hydrogens is 414 g/mol. The lowest BCUT2D eigenvalue weighted by Crippen LogP contribution is -2.25. The molecule has 3 rings (SSSR count). The number of benzene rings is 2. The van der Waals surface area contributed by atoms with Crippen LogP contribution in [-0.2, 0) is 17.0 Å². The van der Waals surface area contributed by atoms with Gasteiger partial charge in [0.15, 0.2) is 5.16 Å². The average molecular weight is 430 g/mol. The third kappa shape index (κ3) is 4.15. The number of ether oxygens (including phenoxy) is 1. The molecule has 132 valence electrons. The molecule has 7 heteroatoms. The Morgan fingerprint density at radius 3 is 2.92 bits per heavy atom. The Kier molecular flexibility index (Phi) is 6.09. The molecule has 1 heterocycles. The minimum atomic E-state index is -0.0818. The second kappa shape index (κ2) is 8.49. The Morgan fingerprint density at radius 1 is 1.31 bits per heavy atom. The van der Waals surface area contributed by atoms with Crippen molar-refractivity contribution in [1.82, 2.24) is 9.55 Å². The fourth-order valence-corrected chi connectivity index (χ4v) is 3.87. The minimum absolute atomic E-state index is 0.0818. The van der Waals surface area contributed by atoms with E-state index in [-0.39, 0.29) is 5.56 Å². The van der Waals surface area contributed by atoms with Gasteiger partial charge < -0.3 is 4.74 Å². The van der Waals surface area contributed by atoms with Crippen LogP contribution in [0.25, 0.3) is 10.9 Å².